The monoisotopic (exact) mass is 388 g/mol. The zero-order chi connectivity index (χ0) is 19.9. The highest BCUT2D eigenvalue weighted by molar-refractivity contribution is 7.86. The van der Waals surface area contributed by atoms with Crippen LogP contribution >= 0.6 is 0 Å². The third-order valence-electron chi connectivity index (χ3n) is 3.15. The lowest BCUT2D eigenvalue weighted by molar-refractivity contribution is -0.171. The van der Waals surface area contributed by atoms with Gasteiger partial charge in [-0.05, 0) is 31.9 Å². The molecule has 0 saturated heterocycles. The van der Waals surface area contributed by atoms with Crippen LogP contribution in [0.4, 0.5) is 0 Å². The summed E-state index contributed by atoms with van der Waals surface area (Å²) in [4.78, 5) is 23.7. The molecule has 2 atom stereocenters. The Balaban J connectivity index is 3.04. The summed E-state index contributed by atoms with van der Waals surface area (Å²) >= 11 is 0. The molecular formula is C17H24O8S. The third kappa shape index (κ3) is 6.40. The van der Waals surface area contributed by atoms with E-state index in [-0.39, 0.29) is 24.0 Å². The molecule has 1 aromatic rings. The van der Waals surface area contributed by atoms with E-state index in [1.54, 1.807) is 32.9 Å². The summed E-state index contributed by atoms with van der Waals surface area (Å²) < 4.78 is 39.1. The SMILES string of the molecule is CCOC(=O)[C@@H](OS(=O)(=O)c1ccc(C)cc1)[C@H](O)C(=O)OCC(C)C. The average Bonchev–Trinajstić information content (AvgIpc) is 2.57. The average molecular weight is 388 g/mol. The molecule has 1 rings (SSSR count). The third-order valence-corrected chi connectivity index (χ3v) is 4.46. The number of esters is 2. The molecule has 0 fully saturated rings. The van der Waals surface area contributed by atoms with E-state index >= 15 is 0 Å². The van der Waals surface area contributed by atoms with Crippen LogP contribution in [0.5, 0.6) is 0 Å². The number of ether oxygens (including phenoxy) is 2. The standard InChI is InChI=1S/C17H24O8S/c1-5-23-17(20)15(14(18)16(19)24-10-11(2)3)25-26(21,22)13-8-6-12(4)7-9-13/h6-9,11,14-15,18H,5,10H2,1-4H3/t14-,15-/m0/s1. The Morgan fingerprint density at radius 2 is 1.65 bits per heavy atom. The molecule has 0 amide bonds. The van der Waals surface area contributed by atoms with Crippen LogP contribution in [0.25, 0.3) is 0 Å². The lowest BCUT2D eigenvalue weighted by Crippen LogP contribution is -2.45. The first-order chi connectivity index (χ1) is 12.1. The van der Waals surface area contributed by atoms with Gasteiger partial charge in [-0.2, -0.15) is 8.42 Å². The Morgan fingerprint density at radius 3 is 2.15 bits per heavy atom. The van der Waals surface area contributed by atoms with Crippen LogP contribution in [-0.4, -0.2) is 50.9 Å². The summed E-state index contributed by atoms with van der Waals surface area (Å²) in [5.74, 6) is -2.36. The fourth-order valence-corrected chi connectivity index (χ4v) is 2.84. The van der Waals surface area contributed by atoms with E-state index < -0.39 is 34.3 Å². The highest BCUT2D eigenvalue weighted by Crippen LogP contribution is 2.18. The number of aliphatic hydroxyl groups excluding tert-OH is 1. The van der Waals surface area contributed by atoms with Crippen molar-refractivity contribution in [3.63, 3.8) is 0 Å². The van der Waals surface area contributed by atoms with E-state index in [1.165, 1.54) is 19.1 Å². The van der Waals surface area contributed by atoms with E-state index in [2.05, 4.69) is 0 Å². The van der Waals surface area contributed by atoms with Gasteiger partial charge in [0, 0.05) is 0 Å². The summed E-state index contributed by atoms with van der Waals surface area (Å²) in [6, 6.07) is 5.67. The first-order valence-electron chi connectivity index (χ1n) is 8.09. The maximum absolute atomic E-state index is 12.4. The van der Waals surface area contributed by atoms with E-state index in [9.17, 15) is 23.1 Å². The van der Waals surface area contributed by atoms with Crippen molar-refractivity contribution in [3.05, 3.63) is 29.8 Å². The zero-order valence-corrected chi connectivity index (χ0v) is 16.0. The molecule has 0 aliphatic rings. The molecule has 0 bridgehead atoms. The molecule has 146 valence electrons. The van der Waals surface area contributed by atoms with Crippen LogP contribution in [0.2, 0.25) is 0 Å². The van der Waals surface area contributed by atoms with Gasteiger partial charge in [-0.15, -0.1) is 0 Å². The van der Waals surface area contributed by atoms with E-state index in [0.29, 0.717) is 0 Å². The summed E-state index contributed by atoms with van der Waals surface area (Å²) in [6.07, 6.45) is -4.21. The number of carbonyl (C=O) groups excluding carboxylic acids is 2. The molecule has 0 spiro atoms. The van der Waals surface area contributed by atoms with Crippen LogP contribution in [0.15, 0.2) is 29.2 Å². The molecular weight excluding hydrogens is 364 g/mol. The quantitative estimate of drug-likeness (QED) is 0.495. The second kappa shape index (κ2) is 9.65. The van der Waals surface area contributed by atoms with Gasteiger partial charge in [0.1, 0.15) is 0 Å². The van der Waals surface area contributed by atoms with E-state index in [0.717, 1.165) is 5.56 Å². The molecule has 0 saturated carbocycles. The molecule has 0 unspecified atom stereocenters. The second-order valence-corrected chi connectivity index (χ2v) is 7.58. The highest BCUT2D eigenvalue weighted by atomic mass is 32.2. The molecule has 1 aromatic carbocycles. The Labute approximate surface area is 153 Å². The number of hydrogen-bond acceptors (Lipinski definition) is 8. The van der Waals surface area contributed by atoms with Crippen molar-refractivity contribution in [2.75, 3.05) is 13.2 Å². The summed E-state index contributed by atoms with van der Waals surface area (Å²) in [5, 5.41) is 10.1. The fraction of sp³-hybridized carbons (Fsp3) is 0.529. The minimum Gasteiger partial charge on any atom is -0.464 e. The largest absolute Gasteiger partial charge is 0.464 e. The molecule has 0 aliphatic carbocycles. The van der Waals surface area contributed by atoms with Gasteiger partial charge in [-0.25, -0.2) is 13.8 Å². The number of aryl methyl sites for hydroxylation is 1. The van der Waals surface area contributed by atoms with Crippen molar-refractivity contribution < 1.29 is 36.8 Å². The molecule has 0 aromatic heterocycles. The lowest BCUT2D eigenvalue weighted by atomic mass is 10.2. The highest BCUT2D eigenvalue weighted by Gasteiger charge is 2.40. The number of carbonyl (C=O) groups is 2. The van der Waals surface area contributed by atoms with Gasteiger partial charge >= 0.3 is 11.9 Å². The summed E-state index contributed by atoms with van der Waals surface area (Å²) in [5.41, 5.74) is 0.822. The molecule has 26 heavy (non-hydrogen) atoms. The van der Waals surface area contributed by atoms with Crippen molar-refractivity contribution in [2.24, 2.45) is 5.92 Å². The van der Waals surface area contributed by atoms with Crippen LogP contribution < -0.4 is 0 Å². The minimum atomic E-state index is -4.42. The second-order valence-electron chi connectivity index (χ2n) is 6.00. The Kier molecular flexibility index (Phi) is 8.19. The molecule has 0 radical (unpaired) electrons. The van der Waals surface area contributed by atoms with Gasteiger partial charge in [0.2, 0.25) is 6.10 Å². The fourth-order valence-electron chi connectivity index (χ4n) is 1.80. The van der Waals surface area contributed by atoms with Crippen molar-refractivity contribution >= 4 is 22.1 Å². The number of rotatable bonds is 9. The lowest BCUT2D eigenvalue weighted by Gasteiger charge is -2.20. The minimum absolute atomic E-state index is 0.00382. The van der Waals surface area contributed by atoms with Gasteiger partial charge in [-0.3, -0.25) is 0 Å². The smallest absolute Gasteiger partial charge is 0.340 e. The predicted octanol–water partition coefficient (Wildman–Crippen LogP) is 1.19. The zero-order valence-electron chi connectivity index (χ0n) is 15.2. The van der Waals surface area contributed by atoms with Gasteiger partial charge in [-0.1, -0.05) is 31.5 Å². The maximum atomic E-state index is 12.4. The first-order valence-corrected chi connectivity index (χ1v) is 9.50. The summed E-state index contributed by atoms with van der Waals surface area (Å²) in [6.45, 7) is 6.73. The van der Waals surface area contributed by atoms with Crippen LogP contribution in [0, 0.1) is 12.8 Å². The van der Waals surface area contributed by atoms with Gasteiger partial charge in [0.25, 0.3) is 10.1 Å². The van der Waals surface area contributed by atoms with Crippen LogP contribution in [-0.2, 0) is 33.4 Å². The van der Waals surface area contributed by atoms with Gasteiger partial charge in [0.05, 0.1) is 18.1 Å². The molecule has 1 N–H and O–H groups in total. The molecule has 8 nitrogen and oxygen atoms in total. The van der Waals surface area contributed by atoms with E-state index in [4.69, 9.17) is 13.7 Å². The van der Waals surface area contributed by atoms with Gasteiger partial charge in [0.15, 0.2) is 6.10 Å². The summed E-state index contributed by atoms with van der Waals surface area (Å²) in [7, 11) is -4.42. The molecule has 9 heteroatoms. The topological polar surface area (TPSA) is 116 Å². The van der Waals surface area contributed by atoms with Crippen molar-refractivity contribution in [3.8, 4) is 0 Å². The van der Waals surface area contributed by atoms with Crippen LogP contribution in [0.1, 0.15) is 26.3 Å². The Morgan fingerprint density at radius 1 is 1.08 bits per heavy atom. The van der Waals surface area contributed by atoms with E-state index in [1.807, 2.05) is 0 Å². The van der Waals surface area contributed by atoms with Gasteiger partial charge < -0.3 is 14.6 Å². The maximum Gasteiger partial charge on any atom is 0.340 e. The van der Waals surface area contributed by atoms with Crippen molar-refractivity contribution in [2.45, 2.75) is 44.8 Å². The number of hydrogen-bond donors (Lipinski definition) is 1. The van der Waals surface area contributed by atoms with Crippen molar-refractivity contribution in [1.29, 1.82) is 0 Å². The van der Waals surface area contributed by atoms with Crippen LogP contribution in [0.3, 0.4) is 0 Å². The Hall–Kier alpha value is -1.97. The predicted molar refractivity (Wildman–Crippen MR) is 91.7 cm³/mol. The Bertz CT molecular complexity index is 709. The molecule has 0 heterocycles. The first kappa shape index (κ1) is 22.1. The number of benzene rings is 1. The van der Waals surface area contributed by atoms with Crippen molar-refractivity contribution in [1.82, 2.24) is 0 Å². The normalized spacial score (nSPS) is 13.9. The number of aliphatic hydroxyl groups is 1. The molecule has 0 aliphatic heterocycles.